The first-order chi connectivity index (χ1) is 11.3. The quantitative estimate of drug-likeness (QED) is 0.691. The van der Waals surface area contributed by atoms with Gasteiger partial charge in [0.1, 0.15) is 0 Å². The van der Waals surface area contributed by atoms with Gasteiger partial charge in [-0.2, -0.15) is 0 Å². The lowest BCUT2D eigenvalue weighted by Crippen LogP contribution is -2.36. The Hall–Kier alpha value is -2.18. The van der Waals surface area contributed by atoms with E-state index in [0.717, 1.165) is 47.3 Å². The molecule has 1 fully saturated rings. The Morgan fingerprint density at radius 2 is 2.17 bits per heavy atom. The van der Waals surface area contributed by atoms with Gasteiger partial charge in [0.25, 0.3) is 0 Å². The van der Waals surface area contributed by atoms with Crippen molar-refractivity contribution in [2.75, 3.05) is 36.5 Å². The van der Waals surface area contributed by atoms with Crippen LogP contribution in [-0.2, 0) is 9.53 Å². The molecule has 1 amide bonds. The van der Waals surface area contributed by atoms with Gasteiger partial charge in [-0.25, -0.2) is 4.98 Å². The molecule has 0 aliphatic carbocycles. The molecule has 0 atom stereocenters. The summed E-state index contributed by atoms with van der Waals surface area (Å²) in [5.41, 5.74) is 1.74. The Kier molecular flexibility index (Phi) is 5.05. The van der Waals surface area contributed by atoms with E-state index in [0.29, 0.717) is 0 Å². The third-order valence-corrected chi connectivity index (χ3v) is 4.56. The molecule has 0 saturated carbocycles. The minimum atomic E-state index is -0.139. The van der Waals surface area contributed by atoms with Crippen molar-refractivity contribution in [3.63, 3.8) is 0 Å². The molecule has 1 saturated heterocycles. The van der Waals surface area contributed by atoms with Gasteiger partial charge in [0.2, 0.25) is 5.91 Å². The zero-order chi connectivity index (χ0) is 16.1. The van der Waals surface area contributed by atoms with E-state index in [1.54, 1.807) is 17.4 Å². The summed E-state index contributed by atoms with van der Waals surface area (Å²) in [5.74, 6) is -0.139. The molecule has 1 aliphatic rings. The van der Waals surface area contributed by atoms with Gasteiger partial charge < -0.3 is 15.0 Å². The van der Waals surface area contributed by atoms with Crippen LogP contribution in [-0.4, -0.2) is 37.2 Å². The van der Waals surface area contributed by atoms with Crippen molar-refractivity contribution < 1.29 is 9.53 Å². The van der Waals surface area contributed by atoms with Crippen molar-refractivity contribution in [3.05, 3.63) is 42.5 Å². The van der Waals surface area contributed by atoms with Crippen LogP contribution in [0.3, 0.4) is 0 Å². The van der Waals surface area contributed by atoms with Gasteiger partial charge in [-0.1, -0.05) is 29.6 Å². The Morgan fingerprint density at radius 1 is 1.35 bits per heavy atom. The Labute approximate surface area is 139 Å². The minimum absolute atomic E-state index is 0.139. The monoisotopic (exact) mass is 329 g/mol. The highest BCUT2D eigenvalue weighted by Gasteiger charge is 2.15. The predicted octanol–water partition coefficient (Wildman–Crippen LogP) is 3.20. The summed E-state index contributed by atoms with van der Waals surface area (Å²) in [6.45, 7) is 5.15. The largest absolute Gasteiger partial charge is 0.378 e. The number of morpholine rings is 1. The summed E-state index contributed by atoms with van der Waals surface area (Å²) in [7, 11) is 0. The third kappa shape index (κ3) is 3.97. The van der Waals surface area contributed by atoms with Crippen molar-refractivity contribution in [2.24, 2.45) is 0 Å². The number of amides is 1. The second-order valence-electron chi connectivity index (χ2n) is 5.15. The van der Waals surface area contributed by atoms with Crippen LogP contribution in [0.2, 0.25) is 0 Å². The summed E-state index contributed by atoms with van der Waals surface area (Å²) < 4.78 is 6.45. The van der Waals surface area contributed by atoms with Crippen molar-refractivity contribution in [1.29, 1.82) is 0 Å². The maximum atomic E-state index is 11.8. The normalized spacial score (nSPS) is 15.8. The first-order valence-corrected chi connectivity index (χ1v) is 8.41. The van der Waals surface area contributed by atoms with E-state index in [1.807, 2.05) is 37.3 Å². The lowest BCUT2D eigenvalue weighted by atomic mass is 10.3. The highest BCUT2D eigenvalue weighted by Crippen LogP contribution is 2.31. The maximum Gasteiger partial charge on any atom is 0.248 e. The number of nitrogens with one attached hydrogen (secondary N) is 1. The van der Waals surface area contributed by atoms with Gasteiger partial charge in [0, 0.05) is 24.9 Å². The number of aromatic nitrogens is 1. The van der Waals surface area contributed by atoms with Crippen LogP contribution in [0.1, 0.15) is 6.92 Å². The zero-order valence-corrected chi connectivity index (χ0v) is 13.8. The van der Waals surface area contributed by atoms with Crippen molar-refractivity contribution in [3.8, 4) is 0 Å². The van der Waals surface area contributed by atoms with Gasteiger partial charge in [-0.15, -0.1) is 0 Å². The number of fused-ring (bicyclic) bond motifs is 1. The topological polar surface area (TPSA) is 54.5 Å². The molecule has 6 heteroatoms. The molecule has 0 unspecified atom stereocenters. The highest BCUT2D eigenvalue weighted by atomic mass is 32.1. The van der Waals surface area contributed by atoms with E-state index < -0.39 is 0 Å². The zero-order valence-electron chi connectivity index (χ0n) is 13.0. The number of anilines is 2. The standard InChI is InChI=1S/C17H19N3O2S/c1-2-3-4-5-16(21)18-13-6-7-14-15(12-13)23-17(19-14)20-8-10-22-11-9-20/h2-7,12H,8-11H2,1H3,(H,18,21)/b3-2+,5-4-. The van der Waals surface area contributed by atoms with Crippen molar-refractivity contribution in [1.82, 2.24) is 4.98 Å². The molecule has 2 heterocycles. The minimum Gasteiger partial charge on any atom is -0.378 e. The Morgan fingerprint density at radius 3 is 2.96 bits per heavy atom. The molecule has 23 heavy (non-hydrogen) atoms. The molecule has 0 bridgehead atoms. The SMILES string of the molecule is C/C=C/C=C\C(=O)Nc1ccc2nc(N3CCOCC3)sc2c1. The van der Waals surface area contributed by atoms with Gasteiger partial charge in [-0.05, 0) is 25.1 Å². The average molecular weight is 329 g/mol. The second kappa shape index (κ2) is 7.39. The third-order valence-electron chi connectivity index (χ3n) is 3.48. The Bertz CT molecular complexity index is 745. The van der Waals surface area contributed by atoms with Crippen molar-refractivity contribution in [2.45, 2.75) is 6.92 Å². The summed E-state index contributed by atoms with van der Waals surface area (Å²) in [6.07, 6.45) is 6.92. The number of rotatable bonds is 4. The fraction of sp³-hybridized carbons (Fsp3) is 0.294. The summed E-state index contributed by atoms with van der Waals surface area (Å²) in [6, 6.07) is 5.80. The van der Waals surface area contributed by atoms with Crippen LogP contribution in [0.4, 0.5) is 10.8 Å². The van der Waals surface area contributed by atoms with Crippen LogP contribution in [0.5, 0.6) is 0 Å². The average Bonchev–Trinajstić information content (AvgIpc) is 2.99. The number of thiazole rings is 1. The molecule has 2 aromatic rings. The van der Waals surface area contributed by atoms with Crippen LogP contribution in [0, 0.1) is 0 Å². The summed E-state index contributed by atoms with van der Waals surface area (Å²) in [4.78, 5) is 18.7. The Balaban J connectivity index is 1.75. The number of benzene rings is 1. The first kappa shape index (κ1) is 15.7. The van der Waals surface area contributed by atoms with Crippen LogP contribution in [0.25, 0.3) is 10.2 Å². The molecule has 1 aromatic carbocycles. The number of carbonyl (C=O) groups excluding carboxylic acids is 1. The van der Waals surface area contributed by atoms with Crippen LogP contribution < -0.4 is 10.2 Å². The smallest absolute Gasteiger partial charge is 0.248 e. The molecular weight excluding hydrogens is 310 g/mol. The van der Waals surface area contributed by atoms with E-state index in [4.69, 9.17) is 4.74 Å². The van der Waals surface area contributed by atoms with Crippen LogP contribution in [0.15, 0.2) is 42.5 Å². The van der Waals surface area contributed by atoms with Gasteiger partial charge in [0.15, 0.2) is 5.13 Å². The molecular formula is C17H19N3O2S. The first-order valence-electron chi connectivity index (χ1n) is 7.60. The number of hydrogen-bond acceptors (Lipinski definition) is 5. The molecule has 1 aliphatic heterocycles. The van der Waals surface area contributed by atoms with Crippen LogP contribution >= 0.6 is 11.3 Å². The fourth-order valence-corrected chi connectivity index (χ4v) is 3.37. The highest BCUT2D eigenvalue weighted by molar-refractivity contribution is 7.22. The number of nitrogens with zero attached hydrogens (tertiary/aromatic N) is 2. The molecule has 1 aromatic heterocycles. The van der Waals surface area contributed by atoms with E-state index in [1.165, 1.54) is 6.08 Å². The van der Waals surface area contributed by atoms with Gasteiger partial charge in [-0.3, -0.25) is 4.79 Å². The lowest BCUT2D eigenvalue weighted by Gasteiger charge is -2.25. The van der Waals surface area contributed by atoms with Gasteiger partial charge in [0.05, 0.1) is 23.4 Å². The van der Waals surface area contributed by atoms with E-state index in [2.05, 4.69) is 15.2 Å². The number of carbonyl (C=O) groups is 1. The van der Waals surface area contributed by atoms with E-state index in [-0.39, 0.29) is 5.91 Å². The summed E-state index contributed by atoms with van der Waals surface area (Å²) >= 11 is 1.65. The number of hydrogen-bond donors (Lipinski definition) is 1. The van der Waals surface area contributed by atoms with E-state index in [9.17, 15) is 4.79 Å². The number of ether oxygens (including phenoxy) is 1. The van der Waals surface area contributed by atoms with Crippen molar-refractivity contribution >= 4 is 38.3 Å². The molecule has 0 spiro atoms. The second-order valence-corrected chi connectivity index (χ2v) is 6.16. The predicted molar refractivity (Wildman–Crippen MR) is 95.2 cm³/mol. The molecule has 1 N–H and O–H groups in total. The maximum absolute atomic E-state index is 11.8. The fourth-order valence-electron chi connectivity index (χ4n) is 2.32. The number of allylic oxidation sites excluding steroid dienone is 3. The summed E-state index contributed by atoms with van der Waals surface area (Å²) in [5, 5.41) is 3.88. The molecule has 0 radical (unpaired) electrons. The molecule has 3 rings (SSSR count). The molecule has 120 valence electrons. The molecule has 5 nitrogen and oxygen atoms in total. The van der Waals surface area contributed by atoms with E-state index >= 15 is 0 Å². The van der Waals surface area contributed by atoms with Gasteiger partial charge >= 0.3 is 0 Å². The lowest BCUT2D eigenvalue weighted by molar-refractivity contribution is -0.111.